The van der Waals surface area contributed by atoms with E-state index in [9.17, 15) is 0 Å². The Morgan fingerprint density at radius 2 is 2.00 bits per heavy atom. The summed E-state index contributed by atoms with van der Waals surface area (Å²) in [7, 11) is 0. The van der Waals surface area contributed by atoms with Gasteiger partial charge in [0.1, 0.15) is 16.8 Å². The molecule has 1 saturated heterocycles. The molecule has 5 heteroatoms. The number of aromatic nitrogens is 2. The minimum atomic E-state index is -0.124. The molecule has 1 aliphatic heterocycles. The van der Waals surface area contributed by atoms with Crippen LogP contribution >= 0.6 is 11.6 Å². The Morgan fingerprint density at radius 1 is 1.32 bits per heavy atom. The molecule has 1 N–H and O–H groups in total. The van der Waals surface area contributed by atoms with E-state index in [-0.39, 0.29) is 11.0 Å². The molecule has 106 valence electrons. The molecule has 19 heavy (non-hydrogen) atoms. The maximum absolute atomic E-state index is 6.23. The fourth-order valence-electron chi connectivity index (χ4n) is 2.00. The van der Waals surface area contributed by atoms with Gasteiger partial charge in [0.15, 0.2) is 0 Å². The van der Waals surface area contributed by atoms with Crippen LogP contribution in [-0.4, -0.2) is 28.7 Å². The molecule has 4 nitrogen and oxygen atoms in total. The Kier molecular flexibility index (Phi) is 3.76. The quantitative estimate of drug-likeness (QED) is 0.846. The maximum atomic E-state index is 6.23. The summed E-state index contributed by atoms with van der Waals surface area (Å²) in [6, 6.07) is 0. The van der Waals surface area contributed by atoms with Crippen LogP contribution in [0.4, 0.5) is 5.82 Å². The van der Waals surface area contributed by atoms with Crippen molar-refractivity contribution < 1.29 is 4.74 Å². The normalized spacial score (nSPS) is 23.7. The van der Waals surface area contributed by atoms with Gasteiger partial charge in [-0.25, -0.2) is 9.97 Å². The fraction of sp³-hybridized carbons (Fsp3) is 0.714. The van der Waals surface area contributed by atoms with Gasteiger partial charge in [-0.05, 0) is 20.3 Å². The summed E-state index contributed by atoms with van der Waals surface area (Å²) in [4.78, 5) is 9.04. The first-order chi connectivity index (χ1) is 8.71. The van der Waals surface area contributed by atoms with Crippen molar-refractivity contribution in [3.8, 4) is 0 Å². The highest BCUT2D eigenvalue weighted by molar-refractivity contribution is 6.30. The van der Waals surface area contributed by atoms with E-state index < -0.39 is 0 Å². The molecule has 0 bridgehead atoms. The first-order valence-electron chi connectivity index (χ1n) is 6.62. The summed E-state index contributed by atoms with van der Waals surface area (Å²) in [5.41, 5.74) is 0.695. The Bertz CT molecular complexity index is 476. The average molecular weight is 284 g/mol. The Balaban J connectivity index is 2.36. The van der Waals surface area contributed by atoms with Crippen LogP contribution in [0.25, 0.3) is 0 Å². The molecule has 0 radical (unpaired) electrons. The lowest BCUT2D eigenvalue weighted by molar-refractivity contribution is 0.185. The van der Waals surface area contributed by atoms with E-state index in [1.165, 1.54) is 0 Å². The van der Waals surface area contributed by atoms with Gasteiger partial charge in [-0.15, -0.1) is 0 Å². The molecule has 0 amide bonds. The molecular weight excluding hydrogens is 262 g/mol. The molecule has 2 rings (SSSR count). The standard InChI is InChI=1S/C14H22ClN3O/c1-9-10(15)16-12(13(2,3)4)17-11(9)18-14(5)6-7-19-8-14/h6-8H2,1-5H3,(H,16,17,18). The van der Waals surface area contributed by atoms with Crippen LogP contribution in [0.1, 0.15) is 45.5 Å². The summed E-state index contributed by atoms with van der Waals surface area (Å²) in [5.74, 6) is 1.58. The van der Waals surface area contributed by atoms with Gasteiger partial charge in [0.25, 0.3) is 0 Å². The highest BCUT2D eigenvalue weighted by atomic mass is 35.5. The third-order valence-electron chi connectivity index (χ3n) is 3.40. The zero-order valence-electron chi connectivity index (χ0n) is 12.3. The minimum absolute atomic E-state index is 0.0718. The number of hydrogen-bond donors (Lipinski definition) is 1. The van der Waals surface area contributed by atoms with E-state index in [0.29, 0.717) is 11.8 Å². The Hall–Kier alpha value is -0.870. The summed E-state index contributed by atoms with van der Waals surface area (Å²) in [5, 5.41) is 4.00. The smallest absolute Gasteiger partial charge is 0.137 e. The van der Waals surface area contributed by atoms with Gasteiger partial charge in [-0.3, -0.25) is 0 Å². The van der Waals surface area contributed by atoms with Crippen molar-refractivity contribution >= 4 is 17.4 Å². The molecular formula is C14H22ClN3O. The van der Waals surface area contributed by atoms with Crippen molar-refractivity contribution in [1.82, 2.24) is 9.97 Å². The number of ether oxygens (including phenoxy) is 1. The zero-order valence-corrected chi connectivity index (χ0v) is 13.1. The third-order valence-corrected chi connectivity index (χ3v) is 3.76. The second-order valence-corrected chi connectivity index (χ2v) is 6.91. The van der Waals surface area contributed by atoms with Gasteiger partial charge in [0.2, 0.25) is 0 Å². The van der Waals surface area contributed by atoms with Gasteiger partial charge in [0, 0.05) is 17.6 Å². The third kappa shape index (κ3) is 3.18. The molecule has 1 unspecified atom stereocenters. The highest BCUT2D eigenvalue weighted by Gasteiger charge is 2.31. The molecule has 0 aromatic carbocycles. The van der Waals surface area contributed by atoms with Gasteiger partial charge >= 0.3 is 0 Å². The number of hydrogen-bond acceptors (Lipinski definition) is 4. The van der Waals surface area contributed by atoms with Crippen LogP contribution in [0.2, 0.25) is 5.15 Å². The number of rotatable bonds is 2. The number of halogens is 1. The summed E-state index contributed by atoms with van der Waals surface area (Å²) in [6.07, 6.45) is 0.971. The van der Waals surface area contributed by atoms with E-state index in [0.717, 1.165) is 30.2 Å². The van der Waals surface area contributed by atoms with E-state index in [2.05, 4.69) is 43.0 Å². The fourth-order valence-corrected chi connectivity index (χ4v) is 2.17. The molecule has 0 saturated carbocycles. The lowest BCUT2D eigenvalue weighted by atomic mass is 9.95. The molecule has 0 aliphatic carbocycles. The predicted octanol–water partition coefficient (Wildman–Crippen LogP) is 3.33. The average Bonchev–Trinajstić information content (AvgIpc) is 2.70. The monoisotopic (exact) mass is 283 g/mol. The summed E-state index contributed by atoms with van der Waals surface area (Å²) < 4.78 is 5.46. The second-order valence-electron chi connectivity index (χ2n) is 6.55. The lowest BCUT2D eigenvalue weighted by Crippen LogP contribution is -2.36. The van der Waals surface area contributed by atoms with Crippen molar-refractivity contribution in [2.75, 3.05) is 18.5 Å². The van der Waals surface area contributed by atoms with Crippen molar-refractivity contribution in [2.45, 2.75) is 52.0 Å². The van der Waals surface area contributed by atoms with Crippen molar-refractivity contribution in [1.29, 1.82) is 0 Å². The first-order valence-corrected chi connectivity index (χ1v) is 7.00. The predicted molar refractivity (Wildman–Crippen MR) is 77.9 cm³/mol. The highest BCUT2D eigenvalue weighted by Crippen LogP contribution is 2.29. The van der Waals surface area contributed by atoms with E-state index in [1.54, 1.807) is 0 Å². The van der Waals surface area contributed by atoms with Gasteiger partial charge < -0.3 is 10.1 Å². The zero-order chi connectivity index (χ0) is 14.3. The SMILES string of the molecule is Cc1c(Cl)nc(C(C)(C)C)nc1NC1(C)CCOC1. The van der Waals surface area contributed by atoms with E-state index in [1.807, 2.05) is 6.92 Å². The second kappa shape index (κ2) is 4.91. The van der Waals surface area contributed by atoms with Crippen molar-refractivity contribution in [3.05, 3.63) is 16.5 Å². The van der Waals surface area contributed by atoms with Crippen molar-refractivity contribution in [2.24, 2.45) is 0 Å². The molecule has 1 aromatic rings. The minimum Gasteiger partial charge on any atom is -0.379 e. The number of nitrogens with one attached hydrogen (secondary N) is 1. The number of anilines is 1. The van der Waals surface area contributed by atoms with Gasteiger partial charge in [0.05, 0.1) is 12.1 Å². The molecule has 1 aliphatic rings. The van der Waals surface area contributed by atoms with Crippen LogP contribution in [0.5, 0.6) is 0 Å². The topological polar surface area (TPSA) is 47.0 Å². The van der Waals surface area contributed by atoms with Gasteiger partial charge in [-0.2, -0.15) is 0 Å². The molecule has 0 spiro atoms. The van der Waals surface area contributed by atoms with E-state index in [4.69, 9.17) is 16.3 Å². The largest absolute Gasteiger partial charge is 0.379 e. The lowest BCUT2D eigenvalue weighted by Gasteiger charge is -2.27. The van der Waals surface area contributed by atoms with Crippen LogP contribution in [-0.2, 0) is 10.2 Å². The number of nitrogens with zero attached hydrogens (tertiary/aromatic N) is 2. The molecule has 1 aromatic heterocycles. The van der Waals surface area contributed by atoms with Crippen LogP contribution in [0.3, 0.4) is 0 Å². The summed E-state index contributed by atoms with van der Waals surface area (Å²) >= 11 is 6.23. The van der Waals surface area contributed by atoms with Crippen LogP contribution < -0.4 is 5.32 Å². The molecule has 1 fully saturated rings. The van der Waals surface area contributed by atoms with Crippen LogP contribution in [0, 0.1) is 6.92 Å². The maximum Gasteiger partial charge on any atom is 0.137 e. The molecule has 2 heterocycles. The summed E-state index contributed by atoms with van der Waals surface area (Å²) in [6.45, 7) is 11.8. The van der Waals surface area contributed by atoms with Crippen LogP contribution in [0.15, 0.2) is 0 Å². The van der Waals surface area contributed by atoms with Gasteiger partial charge in [-0.1, -0.05) is 32.4 Å². The molecule has 1 atom stereocenters. The Morgan fingerprint density at radius 3 is 2.53 bits per heavy atom. The first kappa shape index (κ1) is 14.5. The van der Waals surface area contributed by atoms with E-state index >= 15 is 0 Å². The Labute approximate surface area is 119 Å². The van der Waals surface area contributed by atoms with Crippen molar-refractivity contribution in [3.63, 3.8) is 0 Å².